The van der Waals surface area contributed by atoms with Crippen LogP contribution in [0.2, 0.25) is 0 Å². The molecule has 1 saturated carbocycles. The number of carbonyl (C=O) groups is 2. The summed E-state index contributed by atoms with van der Waals surface area (Å²) in [5.41, 5.74) is 8.37. The van der Waals surface area contributed by atoms with Crippen LogP contribution in [0.5, 0.6) is 11.5 Å². The van der Waals surface area contributed by atoms with Gasteiger partial charge in [0.05, 0.1) is 17.6 Å². The number of hydrogen-bond acceptors (Lipinski definition) is 6. The molecule has 0 saturated heterocycles. The van der Waals surface area contributed by atoms with E-state index < -0.39 is 11.9 Å². The van der Waals surface area contributed by atoms with Gasteiger partial charge >= 0.3 is 6.09 Å². The molecule has 1 aromatic heterocycles. The zero-order valence-corrected chi connectivity index (χ0v) is 17.6. The van der Waals surface area contributed by atoms with E-state index in [2.05, 4.69) is 10.3 Å². The van der Waals surface area contributed by atoms with E-state index in [1.54, 1.807) is 12.5 Å². The summed E-state index contributed by atoms with van der Waals surface area (Å²) in [5.74, 6) is 0.401. The lowest BCUT2D eigenvalue weighted by Crippen LogP contribution is -2.45. The number of carbonyl (C=O) groups excluding carboxylic acids is 2. The number of benzene rings is 1. The predicted molar refractivity (Wildman–Crippen MR) is 110 cm³/mol. The fourth-order valence-electron chi connectivity index (χ4n) is 5.16. The van der Waals surface area contributed by atoms with Crippen LogP contribution in [0.25, 0.3) is 5.69 Å². The number of aromatic nitrogens is 2. The Morgan fingerprint density at radius 1 is 1.29 bits per heavy atom. The summed E-state index contributed by atoms with van der Waals surface area (Å²) in [5, 5.41) is 2.94. The fourth-order valence-corrected chi connectivity index (χ4v) is 5.16. The number of ether oxygens (including phenoxy) is 3. The minimum absolute atomic E-state index is 0.0933. The lowest BCUT2D eigenvalue weighted by atomic mass is 9.82. The predicted octanol–water partition coefficient (Wildman–Crippen LogP) is 2.61. The van der Waals surface area contributed by atoms with E-state index in [0.29, 0.717) is 42.9 Å². The molecule has 2 amide bonds. The number of hydrogen-bond donors (Lipinski definition) is 2. The van der Waals surface area contributed by atoms with Crippen molar-refractivity contribution in [3.8, 4) is 17.2 Å². The largest absolute Gasteiger partial charge is 0.448 e. The average molecular weight is 426 g/mol. The molecule has 3 N–H and O–H groups in total. The van der Waals surface area contributed by atoms with Crippen LogP contribution in [0.1, 0.15) is 54.1 Å². The van der Waals surface area contributed by atoms with E-state index in [0.717, 1.165) is 29.7 Å². The number of rotatable bonds is 3. The highest BCUT2D eigenvalue weighted by Gasteiger charge is 2.49. The fraction of sp³-hybridized carbons (Fsp3) is 0.500. The van der Waals surface area contributed by atoms with Crippen molar-refractivity contribution in [3.63, 3.8) is 0 Å². The van der Waals surface area contributed by atoms with E-state index >= 15 is 0 Å². The molecule has 1 unspecified atom stereocenters. The summed E-state index contributed by atoms with van der Waals surface area (Å²) < 4.78 is 20.1. The quantitative estimate of drug-likeness (QED) is 0.779. The van der Waals surface area contributed by atoms with Crippen LogP contribution >= 0.6 is 0 Å². The van der Waals surface area contributed by atoms with Crippen molar-refractivity contribution in [3.05, 3.63) is 35.4 Å². The minimum Gasteiger partial charge on any atom is -0.448 e. The van der Waals surface area contributed by atoms with Gasteiger partial charge in [-0.1, -0.05) is 0 Å². The normalized spacial score (nSPS) is 26.8. The second kappa shape index (κ2) is 7.18. The highest BCUT2D eigenvalue weighted by atomic mass is 16.7. The Hall–Kier alpha value is -3.23. The molecule has 1 aromatic carbocycles. The van der Waals surface area contributed by atoms with Gasteiger partial charge in [-0.05, 0) is 44.6 Å². The van der Waals surface area contributed by atoms with Crippen LogP contribution in [0, 0.1) is 12.8 Å². The Morgan fingerprint density at radius 3 is 2.71 bits per heavy atom. The highest BCUT2D eigenvalue weighted by molar-refractivity contribution is 6.01. The van der Waals surface area contributed by atoms with E-state index in [1.165, 1.54) is 0 Å². The SMILES string of the molecule is Cc1c2c(c(-n3ccnc3)c3c1C(=O)NCC3)OC(C)([C@H]1CC[C@H](OC(N)=O)CC1)O2. The molecular weight excluding hydrogens is 400 g/mol. The van der Waals surface area contributed by atoms with Crippen molar-refractivity contribution >= 4 is 12.0 Å². The molecule has 1 fully saturated rings. The van der Waals surface area contributed by atoms with Gasteiger partial charge in [-0.3, -0.25) is 4.79 Å². The molecule has 1 atom stereocenters. The average Bonchev–Trinajstić information content (AvgIpc) is 3.37. The molecule has 31 heavy (non-hydrogen) atoms. The number of fused-ring (bicyclic) bond motifs is 2. The first-order valence-corrected chi connectivity index (χ1v) is 10.7. The molecule has 9 nitrogen and oxygen atoms in total. The second-order valence-electron chi connectivity index (χ2n) is 8.59. The summed E-state index contributed by atoms with van der Waals surface area (Å²) in [6.07, 6.45) is 8.04. The maximum Gasteiger partial charge on any atom is 0.404 e. The van der Waals surface area contributed by atoms with Crippen LogP contribution in [0.3, 0.4) is 0 Å². The summed E-state index contributed by atoms with van der Waals surface area (Å²) in [6.45, 7) is 4.43. The maximum absolute atomic E-state index is 12.7. The van der Waals surface area contributed by atoms with Crippen LogP contribution in [0.15, 0.2) is 18.7 Å². The Morgan fingerprint density at radius 2 is 2.03 bits per heavy atom. The standard InChI is InChI=1S/C22H26N4O5/c1-12-16-15(7-8-25-20(16)27)17(26-10-9-24-11-26)19-18(12)30-22(2,31-19)13-3-5-14(6-4-13)29-21(23)28/h9-11,13-14H,3-8H2,1-2H3,(H2,23,28)(H,25,27)/t13-,14-,22?. The monoisotopic (exact) mass is 426 g/mol. The number of amides is 2. The van der Waals surface area contributed by atoms with E-state index in [-0.39, 0.29) is 17.9 Å². The van der Waals surface area contributed by atoms with Gasteiger partial charge in [0.25, 0.3) is 11.7 Å². The molecule has 9 heteroatoms. The van der Waals surface area contributed by atoms with E-state index in [1.807, 2.05) is 24.6 Å². The third-order valence-electron chi connectivity index (χ3n) is 6.68. The molecular formula is C22H26N4O5. The zero-order valence-electron chi connectivity index (χ0n) is 17.6. The first-order chi connectivity index (χ1) is 14.9. The number of primary amides is 1. The molecule has 3 heterocycles. The molecule has 1 aliphatic carbocycles. The number of nitrogens with two attached hydrogens (primary N) is 1. The second-order valence-corrected chi connectivity index (χ2v) is 8.59. The van der Waals surface area contributed by atoms with Gasteiger partial charge in [-0.15, -0.1) is 0 Å². The summed E-state index contributed by atoms with van der Waals surface area (Å²) >= 11 is 0. The Kier molecular flexibility index (Phi) is 4.56. The molecule has 2 aromatic rings. The number of nitrogens with zero attached hydrogens (tertiary/aromatic N) is 2. The Bertz CT molecular complexity index is 1040. The third-order valence-corrected chi connectivity index (χ3v) is 6.68. The summed E-state index contributed by atoms with van der Waals surface area (Å²) in [4.78, 5) is 28.0. The van der Waals surface area contributed by atoms with Crippen LogP contribution < -0.4 is 20.5 Å². The molecule has 5 rings (SSSR count). The molecule has 2 aliphatic heterocycles. The van der Waals surface area contributed by atoms with Crippen molar-refractivity contribution in [1.82, 2.24) is 14.9 Å². The van der Waals surface area contributed by atoms with Crippen molar-refractivity contribution in [2.75, 3.05) is 6.54 Å². The van der Waals surface area contributed by atoms with Gasteiger partial charge in [0, 0.05) is 37.3 Å². The first kappa shape index (κ1) is 19.7. The Balaban J connectivity index is 1.52. The third kappa shape index (κ3) is 3.19. The lowest BCUT2D eigenvalue weighted by molar-refractivity contribution is -0.126. The first-order valence-electron chi connectivity index (χ1n) is 10.7. The van der Waals surface area contributed by atoms with Crippen molar-refractivity contribution in [1.29, 1.82) is 0 Å². The van der Waals surface area contributed by atoms with Crippen molar-refractivity contribution < 1.29 is 23.8 Å². The number of imidazole rings is 1. The van der Waals surface area contributed by atoms with Gasteiger partial charge < -0.3 is 29.8 Å². The number of nitrogens with one attached hydrogen (secondary N) is 1. The van der Waals surface area contributed by atoms with Crippen LogP contribution in [0.4, 0.5) is 4.79 Å². The molecule has 3 aliphatic rings. The topological polar surface area (TPSA) is 118 Å². The smallest absolute Gasteiger partial charge is 0.404 e. The molecule has 0 bridgehead atoms. The van der Waals surface area contributed by atoms with Crippen LogP contribution in [-0.2, 0) is 11.2 Å². The van der Waals surface area contributed by atoms with Crippen molar-refractivity contribution in [2.24, 2.45) is 11.7 Å². The lowest BCUT2D eigenvalue weighted by Gasteiger charge is -2.36. The molecule has 0 radical (unpaired) electrons. The van der Waals surface area contributed by atoms with Gasteiger partial charge in [0.1, 0.15) is 6.10 Å². The van der Waals surface area contributed by atoms with E-state index in [9.17, 15) is 9.59 Å². The van der Waals surface area contributed by atoms with Gasteiger partial charge in [0.2, 0.25) is 0 Å². The van der Waals surface area contributed by atoms with Gasteiger partial charge in [-0.25, -0.2) is 9.78 Å². The molecule has 164 valence electrons. The Labute approximate surface area is 179 Å². The van der Waals surface area contributed by atoms with Crippen molar-refractivity contribution in [2.45, 2.75) is 57.8 Å². The van der Waals surface area contributed by atoms with Gasteiger partial charge in [-0.2, -0.15) is 0 Å². The van der Waals surface area contributed by atoms with E-state index in [4.69, 9.17) is 19.9 Å². The molecule has 0 spiro atoms. The minimum atomic E-state index is -0.874. The zero-order chi connectivity index (χ0) is 21.8. The summed E-state index contributed by atoms with van der Waals surface area (Å²) in [6, 6.07) is 0. The summed E-state index contributed by atoms with van der Waals surface area (Å²) in [7, 11) is 0. The van der Waals surface area contributed by atoms with Crippen LogP contribution in [-0.4, -0.2) is 40.0 Å². The van der Waals surface area contributed by atoms with Gasteiger partial charge in [0.15, 0.2) is 11.5 Å². The maximum atomic E-state index is 12.7. The highest BCUT2D eigenvalue weighted by Crippen LogP contribution is 2.53.